The Morgan fingerprint density at radius 3 is 2.57 bits per heavy atom. The molecule has 2 aliphatic rings. The smallest absolute Gasteiger partial charge is 0.123 e. The molecule has 2 aliphatic heterocycles. The van der Waals surface area contributed by atoms with Gasteiger partial charge in [-0.1, -0.05) is 18.2 Å². The molecule has 0 bridgehead atoms. The molecule has 1 aromatic rings. The quantitative estimate of drug-likeness (QED) is 0.925. The summed E-state index contributed by atoms with van der Waals surface area (Å²) < 4.78 is 6.06. The number of fused-ring (bicyclic) bond motifs is 1. The van der Waals surface area contributed by atoms with E-state index in [1.165, 1.54) is 31.5 Å². The lowest BCUT2D eigenvalue weighted by atomic mass is 9.99. The van der Waals surface area contributed by atoms with E-state index in [1.807, 2.05) is 0 Å². The zero-order chi connectivity index (χ0) is 14.9. The van der Waals surface area contributed by atoms with Crippen LogP contribution in [0.25, 0.3) is 0 Å². The predicted octanol–water partition coefficient (Wildman–Crippen LogP) is 2.84. The van der Waals surface area contributed by atoms with Crippen LogP contribution in [0.2, 0.25) is 0 Å². The van der Waals surface area contributed by atoms with Crippen molar-refractivity contribution in [1.82, 2.24) is 10.2 Å². The monoisotopic (exact) mass is 288 g/mol. The van der Waals surface area contributed by atoms with E-state index < -0.39 is 0 Å². The highest BCUT2D eigenvalue weighted by molar-refractivity contribution is 5.37. The molecule has 3 nitrogen and oxygen atoms in total. The summed E-state index contributed by atoms with van der Waals surface area (Å²) in [6.45, 7) is 10.2. The molecule has 0 aromatic heterocycles. The Kier molecular flexibility index (Phi) is 4.23. The van der Waals surface area contributed by atoms with E-state index in [0.29, 0.717) is 12.1 Å². The van der Waals surface area contributed by atoms with Gasteiger partial charge in [0.15, 0.2) is 0 Å². The Labute approximate surface area is 128 Å². The molecule has 1 unspecified atom stereocenters. The second-order valence-corrected chi connectivity index (χ2v) is 7.52. The van der Waals surface area contributed by atoms with Gasteiger partial charge in [0.25, 0.3) is 0 Å². The third kappa shape index (κ3) is 3.98. The van der Waals surface area contributed by atoms with Crippen LogP contribution in [-0.2, 0) is 6.42 Å². The van der Waals surface area contributed by atoms with Gasteiger partial charge in [-0.2, -0.15) is 0 Å². The number of nitrogens with zero attached hydrogens (tertiary/aromatic N) is 1. The van der Waals surface area contributed by atoms with Crippen molar-refractivity contribution in [2.45, 2.75) is 57.7 Å². The number of para-hydroxylation sites is 1. The average molecular weight is 288 g/mol. The van der Waals surface area contributed by atoms with Crippen molar-refractivity contribution in [2.75, 3.05) is 19.6 Å². The molecule has 1 aromatic carbocycles. The molecular weight excluding hydrogens is 260 g/mol. The maximum atomic E-state index is 6.06. The van der Waals surface area contributed by atoms with Gasteiger partial charge in [0.2, 0.25) is 0 Å². The number of rotatable bonds is 3. The van der Waals surface area contributed by atoms with Gasteiger partial charge in [0.05, 0.1) is 0 Å². The van der Waals surface area contributed by atoms with Gasteiger partial charge in [-0.3, -0.25) is 4.90 Å². The lowest BCUT2D eigenvalue weighted by Gasteiger charge is -2.36. The largest absolute Gasteiger partial charge is 0.488 e. The van der Waals surface area contributed by atoms with E-state index in [2.05, 4.69) is 55.3 Å². The minimum absolute atomic E-state index is 0.225. The molecular formula is C18H28N2O. The van der Waals surface area contributed by atoms with Crippen molar-refractivity contribution in [2.24, 2.45) is 0 Å². The third-order valence-corrected chi connectivity index (χ3v) is 4.40. The third-order valence-electron chi connectivity index (χ3n) is 4.40. The first-order valence-electron chi connectivity index (χ1n) is 8.24. The highest BCUT2D eigenvalue weighted by Gasteiger charge is 2.28. The number of hydrogen-bond donors (Lipinski definition) is 1. The minimum atomic E-state index is 0.225. The van der Waals surface area contributed by atoms with Crippen molar-refractivity contribution in [1.29, 1.82) is 0 Å². The molecule has 3 heteroatoms. The van der Waals surface area contributed by atoms with Crippen LogP contribution in [0.15, 0.2) is 24.3 Å². The van der Waals surface area contributed by atoms with E-state index in [-0.39, 0.29) is 5.54 Å². The second-order valence-electron chi connectivity index (χ2n) is 7.52. The van der Waals surface area contributed by atoms with Gasteiger partial charge in [0.1, 0.15) is 11.9 Å². The summed E-state index contributed by atoms with van der Waals surface area (Å²) >= 11 is 0. The molecule has 1 atom stereocenters. The molecule has 0 saturated carbocycles. The Morgan fingerprint density at radius 2 is 1.90 bits per heavy atom. The first-order chi connectivity index (χ1) is 9.99. The van der Waals surface area contributed by atoms with E-state index in [4.69, 9.17) is 4.74 Å². The van der Waals surface area contributed by atoms with Crippen molar-refractivity contribution < 1.29 is 4.74 Å². The summed E-state index contributed by atoms with van der Waals surface area (Å²) in [4.78, 5) is 2.57. The SMILES string of the molecule is CC(C)(C)NC1CCN(CC2Cc3ccccc3O2)CC1. The van der Waals surface area contributed by atoms with Gasteiger partial charge in [-0.05, 0) is 58.3 Å². The van der Waals surface area contributed by atoms with Crippen molar-refractivity contribution in [3.8, 4) is 5.75 Å². The predicted molar refractivity (Wildman–Crippen MR) is 86.9 cm³/mol. The molecule has 0 amide bonds. The molecule has 0 aliphatic carbocycles. The van der Waals surface area contributed by atoms with Crippen LogP contribution in [0.1, 0.15) is 39.2 Å². The molecule has 21 heavy (non-hydrogen) atoms. The van der Waals surface area contributed by atoms with Crippen LogP contribution < -0.4 is 10.1 Å². The Balaban J connectivity index is 1.45. The van der Waals surface area contributed by atoms with Crippen molar-refractivity contribution in [3.63, 3.8) is 0 Å². The number of nitrogens with one attached hydrogen (secondary N) is 1. The Bertz CT molecular complexity index is 447. The lowest BCUT2D eigenvalue weighted by molar-refractivity contribution is 0.118. The van der Waals surface area contributed by atoms with Gasteiger partial charge in [-0.15, -0.1) is 0 Å². The zero-order valence-corrected chi connectivity index (χ0v) is 13.6. The van der Waals surface area contributed by atoms with E-state index in [9.17, 15) is 0 Å². The molecule has 3 rings (SSSR count). The maximum Gasteiger partial charge on any atom is 0.123 e. The highest BCUT2D eigenvalue weighted by Crippen LogP contribution is 2.28. The van der Waals surface area contributed by atoms with Crippen molar-refractivity contribution in [3.05, 3.63) is 29.8 Å². The lowest BCUT2D eigenvalue weighted by Crippen LogP contribution is -2.50. The van der Waals surface area contributed by atoms with Crippen molar-refractivity contribution >= 4 is 0 Å². The highest BCUT2D eigenvalue weighted by atomic mass is 16.5. The first-order valence-corrected chi connectivity index (χ1v) is 8.24. The summed E-state index contributed by atoms with van der Waals surface area (Å²) in [5.74, 6) is 1.09. The van der Waals surface area contributed by atoms with Gasteiger partial charge in [0, 0.05) is 24.5 Å². The minimum Gasteiger partial charge on any atom is -0.488 e. The molecule has 1 saturated heterocycles. The van der Waals surface area contributed by atoms with Crippen LogP contribution in [0.4, 0.5) is 0 Å². The molecule has 0 spiro atoms. The fraction of sp³-hybridized carbons (Fsp3) is 0.667. The van der Waals surface area contributed by atoms with Crippen LogP contribution in [0.5, 0.6) is 5.75 Å². The summed E-state index contributed by atoms with van der Waals surface area (Å²) in [5, 5.41) is 3.73. The fourth-order valence-electron chi connectivity index (χ4n) is 3.52. The molecule has 1 fully saturated rings. The fourth-order valence-corrected chi connectivity index (χ4v) is 3.52. The summed E-state index contributed by atoms with van der Waals surface area (Å²) in [7, 11) is 0. The zero-order valence-electron chi connectivity index (χ0n) is 13.6. The summed E-state index contributed by atoms with van der Waals surface area (Å²) in [6.07, 6.45) is 3.90. The standard InChI is InChI=1S/C18H28N2O/c1-18(2,3)19-15-8-10-20(11-9-15)13-16-12-14-6-4-5-7-17(14)21-16/h4-7,15-16,19H,8-13H2,1-3H3. The normalized spacial score (nSPS) is 23.9. The number of benzene rings is 1. The van der Waals surface area contributed by atoms with Gasteiger partial charge >= 0.3 is 0 Å². The first kappa shape index (κ1) is 14.9. The van der Waals surface area contributed by atoms with Gasteiger partial charge in [-0.25, -0.2) is 0 Å². The molecule has 1 N–H and O–H groups in total. The topological polar surface area (TPSA) is 24.5 Å². The average Bonchev–Trinajstić information content (AvgIpc) is 2.81. The number of likely N-dealkylation sites (tertiary alicyclic amines) is 1. The number of ether oxygens (including phenoxy) is 1. The van der Waals surface area contributed by atoms with Crippen LogP contribution >= 0.6 is 0 Å². The van der Waals surface area contributed by atoms with Crippen LogP contribution in [0, 0.1) is 0 Å². The molecule has 0 radical (unpaired) electrons. The van der Waals surface area contributed by atoms with E-state index >= 15 is 0 Å². The summed E-state index contributed by atoms with van der Waals surface area (Å²) in [5.41, 5.74) is 1.59. The molecule has 116 valence electrons. The number of hydrogen-bond acceptors (Lipinski definition) is 3. The molecule has 2 heterocycles. The second kappa shape index (κ2) is 5.98. The Hall–Kier alpha value is -1.06. The Morgan fingerprint density at radius 1 is 1.19 bits per heavy atom. The summed E-state index contributed by atoms with van der Waals surface area (Å²) in [6, 6.07) is 9.12. The van der Waals surface area contributed by atoms with Gasteiger partial charge < -0.3 is 10.1 Å². The van der Waals surface area contributed by atoms with Crippen LogP contribution in [-0.4, -0.2) is 42.2 Å². The van der Waals surface area contributed by atoms with Crippen LogP contribution in [0.3, 0.4) is 0 Å². The van der Waals surface area contributed by atoms with E-state index in [1.54, 1.807) is 0 Å². The maximum absolute atomic E-state index is 6.06. The number of piperidine rings is 1. The van der Waals surface area contributed by atoms with E-state index in [0.717, 1.165) is 18.7 Å².